The predicted molar refractivity (Wildman–Crippen MR) is 177 cm³/mol. The van der Waals surface area contributed by atoms with E-state index in [1.165, 1.54) is 6.08 Å². The van der Waals surface area contributed by atoms with Gasteiger partial charge in [-0.3, -0.25) is 14.5 Å². The molecule has 0 aliphatic heterocycles. The van der Waals surface area contributed by atoms with E-state index in [1.54, 1.807) is 46.7 Å². The van der Waals surface area contributed by atoms with E-state index in [1.807, 2.05) is 58.9 Å². The van der Waals surface area contributed by atoms with Crippen molar-refractivity contribution in [3.05, 3.63) is 94.6 Å². The van der Waals surface area contributed by atoms with Crippen molar-refractivity contribution in [2.45, 2.75) is 41.0 Å². The standard InChI is InChI=1S/C33H49NO7.C2H6/c1-9-12-32(40-8)28(10-2)23-30(25-36)29(15-19-35)13-11-14-33(41-20-16-27(3)4)31(26-39-7)24-34(17-21-37-5)18-22-38-6;1-2/h9-12,14-16,19,23,25H,2,13,17-18,20-22,24,26H2,1,3-8H3;1-2H3/b12-9-,14-11-,29-15+,30-23+,32-28-,33-31+;. The molecule has 0 heterocycles. The quantitative estimate of drug-likeness (QED) is 0.0441. The van der Waals surface area contributed by atoms with Gasteiger partial charge in [-0.1, -0.05) is 44.2 Å². The third kappa shape index (κ3) is 19.5. The van der Waals surface area contributed by atoms with Crippen LogP contribution in [0, 0.1) is 0 Å². The van der Waals surface area contributed by atoms with Crippen molar-refractivity contribution >= 4 is 12.6 Å². The highest BCUT2D eigenvalue weighted by Gasteiger charge is 2.13. The zero-order valence-electron chi connectivity index (χ0n) is 27.9. The average Bonchev–Trinajstić information content (AvgIpc) is 3.01. The van der Waals surface area contributed by atoms with Gasteiger partial charge in [0.1, 0.15) is 30.7 Å². The second-order valence-corrected chi connectivity index (χ2v) is 9.13. The third-order valence-corrected chi connectivity index (χ3v) is 5.76. The summed E-state index contributed by atoms with van der Waals surface area (Å²) in [6, 6.07) is 0. The molecule has 0 spiro atoms. The van der Waals surface area contributed by atoms with Crippen LogP contribution < -0.4 is 0 Å². The molecule has 0 saturated carbocycles. The fourth-order valence-corrected chi connectivity index (χ4v) is 3.61. The van der Waals surface area contributed by atoms with E-state index in [-0.39, 0.29) is 0 Å². The monoisotopic (exact) mass is 601 g/mol. The molecule has 0 fully saturated rings. The van der Waals surface area contributed by atoms with Gasteiger partial charge in [0.25, 0.3) is 0 Å². The number of methoxy groups -OCH3 is 4. The molecule has 0 bridgehead atoms. The van der Waals surface area contributed by atoms with Crippen molar-refractivity contribution < 1.29 is 33.3 Å². The number of rotatable bonds is 23. The van der Waals surface area contributed by atoms with Crippen molar-refractivity contribution in [1.29, 1.82) is 0 Å². The minimum absolute atomic E-state index is 0.312. The summed E-state index contributed by atoms with van der Waals surface area (Å²) in [7, 11) is 6.54. The van der Waals surface area contributed by atoms with Gasteiger partial charge < -0.3 is 23.7 Å². The van der Waals surface area contributed by atoms with E-state index in [2.05, 4.69) is 11.5 Å². The first-order chi connectivity index (χ1) is 20.8. The Labute approximate surface area is 260 Å². The lowest BCUT2D eigenvalue weighted by molar-refractivity contribution is -0.104. The summed E-state index contributed by atoms with van der Waals surface area (Å²) < 4.78 is 27.7. The maximum absolute atomic E-state index is 12.1. The van der Waals surface area contributed by atoms with Gasteiger partial charge in [0.05, 0.1) is 26.9 Å². The Morgan fingerprint density at radius 3 is 2.02 bits per heavy atom. The number of nitrogens with zero attached hydrogens (tertiary/aromatic N) is 1. The van der Waals surface area contributed by atoms with Crippen molar-refractivity contribution in [3.63, 3.8) is 0 Å². The molecule has 0 aromatic heterocycles. The summed E-state index contributed by atoms with van der Waals surface area (Å²) in [5.74, 6) is 1.21. The molecular weight excluding hydrogens is 546 g/mol. The Balaban J connectivity index is 0. The third-order valence-electron chi connectivity index (χ3n) is 5.76. The number of carbonyl (C=O) groups is 2. The number of aldehydes is 2. The van der Waals surface area contributed by atoms with Crippen LogP contribution in [0.4, 0.5) is 0 Å². The maximum Gasteiger partial charge on any atom is 0.150 e. The van der Waals surface area contributed by atoms with Gasteiger partial charge in [-0.05, 0) is 63.1 Å². The number of ether oxygens (including phenoxy) is 5. The Morgan fingerprint density at radius 2 is 1.56 bits per heavy atom. The van der Waals surface area contributed by atoms with E-state index in [0.29, 0.717) is 87.0 Å². The second-order valence-electron chi connectivity index (χ2n) is 9.13. The molecule has 0 aromatic carbocycles. The SMILES string of the molecule is C=CC(/C=C(C=O)/C(=C/C=O)C/C=C\C(OCC=C(C)C)=C(/COC)CN(CCOC)CCOC)=C(\C=C/C)OC.CC. The van der Waals surface area contributed by atoms with Crippen molar-refractivity contribution in [1.82, 2.24) is 4.90 Å². The maximum atomic E-state index is 12.1. The van der Waals surface area contributed by atoms with E-state index in [9.17, 15) is 9.59 Å². The predicted octanol–water partition coefficient (Wildman–Crippen LogP) is 6.35. The molecule has 242 valence electrons. The summed E-state index contributed by atoms with van der Waals surface area (Å²) in [6.07, 6.45) is 15.7. The van der Waals surface area contributed by atoms with E-state index < -0.39 is 0 Å². The van der Waals surface area contributed by atoms with Gasteiger partial charge >= 0.3 is 0 Å². The fourth-order valence-electron chi connectivity index (χ4n) is 3.61. The number of carbonyl (C=O) groups excluding carboxylic acids is 2. The fraction of sp³-hybridized carbons (Fsp3) is 0.486. The van der Waals surface area contributed by atoms with Crippen LogP contribution in [0.2, 0.25) is 0 Å². The summed E-state index contributed by atoms with van der Waals surface area (Å²) in [5, 5.41) is 0. The summed E-state index contributed by atoms with van der Waals surface area (Å²) in [5.41, 5.74) is 3.58. The molecule has 0 amide bonds. The summed E-state index contributed by atoms with van der Waals surface area (Å²) >= 11 is 0. The minimum Gasteiger partial charge on any atom is -0.496 e. The first-order valence-electron chi connectivity index (χ1n) is 14.5. The Hall–Kier alpha value is -3.30. The average molecular weight is 602 g/mol. The molecule has 0 aromatic rings. The molecular formula is C35H55NO7. The van der Waals surface area contributed by atoms with Gasteiger partial charge in [0, 0.05) is 57.7 Å². The topological polar surface area (TPSA) is 83.5 Å². The molecule has 0 aliphatic rings. The van der Waals surface area contributed by atoms with Crippen LogP contribution in [0.15, 0.2) is 94.6 Å². The minimum atomic E-state index is 0.312. The van der Waals surface area contributed by atoms with Crippen LogP contribution in [0.3, 0.4) is 0 Å². The highest BCUT2D eigenvalue weighted by atomic mass is 16.5. The van der Waals surface area contributed by atoms with Crippen molar-refractivity contribution in [3.8, 4) is 0 Å². The highest BCUT2D eigenvalue weighted by Crippen LogP contribution is 2.20. The second kappa shape index (κ2) is 28.8. The van der Waals surface area contributed by atoms with E-state index >= 15 is 0 Å². The molecule has 0 rings (SSSR count). The normalized spacial score (nSPS) is 13.3. The molecule has 0 unspecified atom stereocenters. The van der Waals surface area contributed by atoms with E-state index in [0.717, 1.165) is 17.4 Å². The Kier molecular flexibility index (Phi) is 28.0. The van der Waals surface area contributed by atoms with Crippen LogP contribution >= 0.6 is 0 Å². The lowest BCUT2D eigenvalue weighted by Gasteiger charge is -2.24. The number of hydrogen-bond acceptors (Lipinski definition) is 8. The molecule has 0 N–H and O–H groups in total. The first-order valence-corrected chi connectivity index (χ1v) is 14.5. The lowest BCUT2D eigenvalue weighted by atomic mass is 9.99. The molecule has 0 radical (unpaired) electrons. The molecule has 8 heteroatoms. The van der Waals surface area contributed by atoms with Gasteiger partial charge in [0.15, 0.2) is 0 Å². The van der Waals surface area contributed by atoms with Gasteiger partial charge in [0.2, 0.25) is 0 Å². The smallest absolute Gasteiger partial charge is 0.150 e. The summed E-state index contributed by atoms with van der Waals surface area (Å²) in [4.78, 5) is 25.8. The largest absolute Gasteiger partial charge is 0.496 e. The molecule has 0 saturated heterocycles. The van der Waals surface area contributed by atoms with Gasteiger partial charge in [-0.15, -0.1) is 0 Å². The van der Waals surface area contributed by atoms with Gasteiger partial charge in [-0.2, -0.15) is 0 Å². The van der Waals surface area contributed by atoms with Crippen LogP contribution in [-0.2, 0) is 33.3 Å². The van der Waals surface area contributed by atoms with Crippen LogP contribution in [0.1, 0.15) is 41.0 Å². The van der Waals surface area contributed by atoms with Crippen LogP contribution in [0.5, 0.6) is 0 Å². The number of hydrogen-bond donors (Lipinski definition) is 0. The zero-order chi connectivity index (χ0) is 32.9. The van der Waals surface area contributed by atoms with Crippen LogP contribution in [0.25, 0.3) is 0 Å². The van der Waals surface area contributed by atoms with Crippen molar-refractivity contribution in [2.24, 2.45) is 0 Å². The molecule has 0 aliphatic carbocycles. The molecule has 0 atom stereocenters. The van der Waals surface area contributed by atoms with Crippen molar-refractivity contribution in [2.75, 3.05) is 74.5 Å². The van der Waals surface area contributed by atoms with E-state index in [4.69, 9.17) is 23.7 Å². The highest BCUT2D eigenvalue weighted by molar-refractivity contribution is 5.84. The first kappa shape index (κ1) is 41.8. The van der Waals surface area contributed by atoms with Gasteiger partial charge in [-0.25, -0.2) is 0 Å². The zero-order valence-corrected chi connectivity index (χ0v) is 27.9. The summed E-state index contributed by atoms with van der Waals surface area (Å²) in [6.45, 7) is 17.6. The molecule has 8 nitrogen and oxygen atoms in total. The lowest BCUT2D eigenvalue weighted by Crippen LogP contribution is -2.33. The molecule has 43 heavy (non-hydrogen) atoms. The Morgan fingerprint density at radius 1 is 0.907 bits per heavy atom. The van der Waals surface area contributed by atoms with Crippen LogP contribution in [-0.4, -0.2) is 92.0 Å². The number of allylic oxidation sites excluding steroid dienone is 11. The Bertz CT molecular complexity index is 1000.